The number of nitrogens with one attached hydrogen (secondary N) is 1. The lowest BCUT2D eigenvalue weighted by atomic mass is 9.99. The van der Waals surface area contributed by atoms with Gasteiger partial charge in [-0.25, -0.2) is 9.97 Å². The van der Waals surface area contributed by atoms with E-state index in [9.17, 15) is 5.11 Å². The number of hydrogen-bond donors (Lipinski definition) is 2. The van der Waals surface area contributed by atoms with Crippen molar-refractivity contribution in [2.75, 3.05) is 11.9 Å². The Morgan fingerprint density at radius 3 is 2.61 bits per heavy atom. The van der Waals surface area contributed by atoms with Gasteiger partial charge in [-0.15, -0.1) is 0 Å². The fourth-order valence-electron chi connectivity index (χ4n) is 2.40. The van der Waals surface area contributed by atoms with Gasteiger partial charge in [0.2, 0.25) is 0 Å². The molecule has 0 spiro atoms. The summed E-state index contributed by atoms with van der Waals surface area (Å²) in [4.78, 5) is 8.89. The van der Waals surface area contributed by atoms with E-state index in [0.29, 0.717) is 0 Å². The van der Waals surface area contributed by atoms with Gasteiger partial charge in [0, 0.05) is 12.0 Å². The van der Waals surface area contributed by atoms with E-state index in [2.05, 4.69) is 45.1 Å². The summed E-state index contributed by atoms with van der Waals surface area (Å²) in [5, 5.41) is 13.0. The van der Waals surface area contributed by atoms with Gasteiger partial charge in [0.05, 0.1) is 12.1 Å². The van der Waals surface area contributed by atoms with E-state index in [1.165, 1.54) is 0 Å². The van der Waals surface area contributed by atoms with E-state index >= 15 is 0 Å². The van der Waals surface area contributed by atoms with E-state index in [-0.39, 0.29) is 18.1 Å². The van der Waals surface area contributed by atoms with Crippen molar-refractivity contribution in [2.24, 2.45) is 0 Å². The monoisotopic (exact) mass is 313 g/mol. The molecule has 2 N–H and O–H groups in total. The summed E-state index contributed by atoms with van der Waals surface area (Å²) in [5.41, 5.74) is -0.192. The van der Waals surface area contributed by atoms with Crippen LogP contribution in [0.15, 0.2) is 10.7 Å². The maximum absolute atomic E-state index is 9.61. The molecule has 18 heavy (non-hydrogen) atoms. The van der Waals surface area contributed by atoms with Crippen LogP contribution in [-0.4, -0.2) is 27.2 Å². The average molecular weight is 314 g/mol. The van der Waals surface area contributed by atoms with E-state index in [4.69, 9.17) is 0 Å². The van der Waals surface area contributed by atoms with Gasteiger partial charge in [-0.05, 0) is 28.8 Å². The molecule has 0 atom stereocenters. The van der Waals surface area contributed by atoms with Crippen LogP contribution in [-0.2, 0) is 0 Å². The molecule has 1 aromatic heterocycles. The second-order valence-corrected chi connectivity index (χ2v) is 6.17. The van der Waals surface area contributed by atoms with Gasteiger partial charge in [-0.3, -0.25) is 0 Å². The van der Waals surface area contributed by atoms with E-state index in [1.807, 2.05) is 6.07 Å². The first kappa shape index (κ1) is 13.7. The van der Waals surface area contributed by atoms with Crippen LogP contribution >= 0.6 is 15.9 Å². The molecule has 1 aromatic rings. The van der Waals surface area contributed by atoms with Crippen molar-refractivity contribution >= 4 is 21.7 Å². The third kappa shape index (κ3) is 3.01. The molecule has 2 rings (SSSR count). The molecule has 0 radical (unpaired) electrons. The molecule has 0 unspecified atom stereocenters. The standard InChI is InChI=1S/C13H20BrN3O/c1-9(2)12-15-10(14)7-11(16-12)17-13(8-18)5-3-4-6-13/h7,9,18H,3-6,8H2,1-2H3,(H,15,16,17). The second-order valence-electron chi connectivity index (χ2n) is 5.36. The zero-order chi connectivity index (χ0) is 13.2. The normalized spacial score (nSPS) is 18.3. The van der Waals surface area contributed by atoms with Crippen LogP contribution in [0.1, 0.15) is 51.3 Å². The van der Waals surface area contributed by atoms with Crippen LogP contribution < -0.4 is 5.32 Å². The molecule has 0 aliphatic heterocycles. The Morgan fingerprint density at radius 2 is 2.06 bits per heavy atom. The third-order valence-corrected chi connectivity index (χ3v) is 3.89. The van der Waals surface area contributed by atoms with Crippen LogP contribution in [0, 0.1) is 0 Å². The van der Waals surface area contributed by atoms with Crippen LogP contribution in [0.5, 0.6) is 0 Å². The summed E-state index contributed by atoms with van der Waals surface area (Å²) in [7, 11) is 0. The van der Waals surface area contributed by atoms with Gasteiger partial charge in [0.1, 0.15) is 16.2 Å². The van der Waals surface area contributed by atoms with Crippen LogP contribution in [0.4, 0.5) is 5.82 Å². The molecule has 1 heterocycles. The second kappa shape index (κ2) is 5.53. The fourth-order valence-corrected chi connectivity index (χ4v) is 2.80. The highest BCUT2D eigenvalue weighted by atomic mass is 79.9. The van der Waals surface area contributed by atoms with Crippen LogP contribution in [0.25, 0.3) is 0 Å². The van der Waals surface area contributed by atoms with Gasteiger partial charge in [0.25, 0.3) is 0 Å². The molecule has 0 bridgehead atoms. The molecule has 1 aliphatic rings. The van der Waals surface area contributed by atoms with Crippen molar-refractivity contribution in [1.82, 2.24) is 9.97 Å². The minimum Gasteiger partial charge on any atom is -0.394 e. The lowest BCUT2D eigenvalue weighted by molar-refractivity contribution is 0.213. The number of nitrogens with zero attached hydrogens (tertiary/aromatic N) is 2. The molecular formula is C13H20BrN3O. The number of rotatable bonds is 4. The Morgan fingerprint density at radius 1 is 1.39 bits per heavy atom. The molecule has 4 nitrogen and oxygen atoms in total. The van der Waals surface area contributed by atoms with Crippen molar-refractivity contribution in [1.29, 1.82) is 0 Å². The lowest BCUT2D eigenvalue weighted by Gasteiger charge is -2.28. The Labute approximate surface area is 116 Å². The van der Waals surface area contributed by atoms with E-state index < -0.39 is 0 Å². The zero-order valence-electron chi connectivity index (χ0n) is 10.9. The van der Waals surface area contributed by atoms with Gasteiger partial charge < -0.3 is 10.4 Å². The van der Waals surface area contributed by atoms with E-state index in [1.54, 1.807) is 0 Å². The zero-order valence-corrected chi connectivity index (χ0v) is 12.5. The number of hydrogen-bond acceptors (Lipinski definition) is 4. The average Bonchev–Trinajstić information content (AvgIpc) is 2.77. The first-order chi connectivity index (χ1) is 8.54. The van der Waals surface area contributed by atoms with Gasteiger partial charge in [0.15, 0.2) is 0 Å². The SMILES string of the molecule is CC(C)c1nc(Br)cc(NC2(CO)CCCC2)n1. The number of aliphatic hydroxyl groups excluding tert-OH is 1. The number of halogens is 1. The third-order valence-electron chi connectivity index (χ3n) is 3.49. The number of aliphatic hydroxyl groups is 1. The molecule has 0 amide bonds. The van der Waals surface area contributed by atoms with Crippen LogP contribution in [0.2, 0.25) is 0 Å². The minimum atomic E-state index is -0.192. The predicted molar refractivity (Wildman–Crippen MR) is 75.7 cm³/mol. The molecule has 1 saturated carbocycles. The van der Waals surface area contributed by atoms with Crippen molar-refractivity contribution < 1.29 is 5.11 Å². The first-order valence-electron chi connectivity index (χ1n) is 6.48. The summed E-state index contributed by atoms with van der Waals surface area (Å²) < 4.78 is 0.787. The Hall–Kier alpha value is -0.680. The minimum absolute atomic E-state index is 0.158. The summed E-state index contributed by atoms with van der Waals surface area (Å²) in [6.45, 7) is 4.30. The van der Waals surface area contributed by atoms with E-state index in [0.717, 1.165) is 41.9 Å². The van der Waals surface area contributed by atoms with Gasteiger partial charge in [-0.2, -0.15) is 0 Å². The smallest absolute Gasteiger partial charge is 0.134 e. The molecule has 0 saturated heterocycles. The Kier molecular flexibility index (Phi) is 4.22. The quantitative estimate of drug-likeness (QED) is 0.839. The Balaban J connectivity index is 2.22. The maximum Gasteiger partial charge on any atom is 0.134 e. The summed E-state index contributed by atoms with van der Waals surface area (Å²) in [5.74, 6) is 1.91. The number of aromatic nitrogens is 2. The summed E-state index contributed by atoms with van der Waals surface area (Å²) in [6.07, 6.45) is 4.33. The first-order valence-corrected chi connectivity index (χ1v) is 7.27. The molecule has 0 aromatic carbocycles. The Bertz CT molecular complexity index is 417. The molecule has 1 fully saturated rings. The highest BCUT2D eigenvalue weighted by Crippen LogP contribution is 2.32. The maximum atomic E-state index is 9.61. The van der Waals surface area contributed by atoms with Crippen molar-refractivity contribution in [2.45, 2.75) is 51.0 Å². The fraction of sp³-hybridized carbons (Fsp3) is 0.692. The molecule has 100 valence electrons. The lowest BCUT2D eigenvalue weighted by Crippen LogP contribution is -2.39. The highest BCUT2D eigenvalue weighted by molar-refractivity contribution is 9.10. The van der Waals surface area contributed by atoms with Crippen molar-refractivity contribution in [3.05, 3.63) is 16.5 Å². The summed E-state index contributed by atoms with van der Waals surface area (Å²) >= 11 is 3.42. The molecule has 5 heteroatoms. The topological polar surface area (TPSA) is 58.0 Å². The largest absolute Gasteiger partial charge is 0.394 e. The molecular weight excluding hydrogens is 294 g/mol. The van der Waals surface area contributed by atoms with Crippen molar-refractivity contribution in [3.8, 4) is 0 Å². The number of anilines is 1. The van der Waals surface area contributed by atoms with Gasteiger partial charge >= 0.3 is 0 Å². The van der Waals surface area contributed by atoms with Crippen LogP contribution in [0.3, 0.4) is 0 Å². The summed E-state index contributed by atoms with van der Waals surface area (Å²) in [6, 6.07) is 1.88. The van der Waals surface area contributed by atoms with Gasteiger partial charge in [-0.1, -0.05) is 26.7 Å². The predicted octanol–water partition coefficient (Wildman–Crippen LogP) is 3.08. The highest BCUT2D eigenvalue weighted by Gasteiger charge is 2.33. The molecule has 1 aliphatic carbocycles. The van der Waals surface area contributed by atoms with Crippen molar-refractivity contribution in [3.63, 3.8) is 0 Å².